The second-order valence-corrected chi connectivity index (χ2v) is 2.75. The molecule has 0 spiro atoms. The molecule has 1 rings (SSSR count). The minimum absolute atomic E-state index is 0.775. The molecule has 12 heavy (non-hydrogen) atoms. The van der Waals surface area contributed by atoms with Gasteiger partial charge in [-0.05, 0) is 20.3 Å². The zero-order chi connectivity index (χ0) is 9.56. The quantitative estimate of drug-likeness (QED) is 0.671. The van der Waals surface area contributed by atoms with Crippen LogP contribution in [0.2, 0.25) is 5.02 Å². The first kappa shape index (κ1) is 11.2. The van der Waals surface area contributed by atoms with Crippen molar-refractivity contribution >= 4 is 11.6 Å². The summed E-state index contributed by atoms with van der Waals surface area (Å²) >= 11 is 5.82. The molecule has 2 nitrogen and oxygen atoms in total. The number of hydrogen-bond donors (Lipinski definition) is 1. The van der Waals surface area contributed by atoms with Crippen molar-refractivity contribution in [3.63, 3.8) is 0 Å². The molecule has 0 atom stereocenters. The van der Waals surface area contributed by atoms with Crippen LogP contribution in [0.4, 0.5) is 0 Å². The second-order valence-electron chi connectivity index (χ2n) is 2.37. The minimum Gasteiger partial charge on any atom is -0.281 e. The van der Waals surface area contributed by atoms with E-state index in [0.29, 0.717) is 0 Å². The van der Waals surface area contributed by atoms with Gasteiger partial charge in [0.15, 0.2) is 0 Å². The Hall–Kier alpha value is -0.760. The number of nitrogens with one attached hydrogen (secondary N) is 1. The second kappa shape index (κ2) is 5.84. The number of aryl methyl sites for hydroxylation is 2. The molecule has 0 aliphatic heterocycles. The van der Waals surface area contributed by atoms with E-state index >= 15 is 0 Å². The summed E-state index contributed by atoms with van der Waals surface area (Å²) < 4.78 is 0. The highest BCUT2D eigenvalue weighted by Gasteiger charge is 2.03. The molecule has 0 bridgehead atoms. The Kier molecular flexibility index (Phi) is 5.47. The maximum absolute atomic E-state index is 5.82. The first-order valence-electron chi connectivity index (χ1n) is 3.93. The van der Waals surface area contributed by atoms with E-state index in [1.165, 1.54) is 0 Å². The molecule has 0 unspecified atom stereocenters. The third-order valence-electron chi connectivity index (χ3n) is 1.28. The average molecular weight is 187 g/mol. The standard InChI is InChI=1S/C6H9ClN2.C3H6/c1-3-5-6(7)4(2)8-9-5;1-3-2/h3H2,1-2H3,(H,8,9);3H,1H2,2H3. The summed E-state index contributed by atoms with van der Waals surface area (Å²) in [6, 6.07) is 0. The lowest BCUT2D eigenvalue weighted by Crippen LogP contribution is -1.78. The summed E-state index contributed by atoms with van der Waals surface area (Å²) in [6.07, 6.45) is 2.64. The normalized spacial score (nSPS) is 8.67. The molecule has 68 valence electrons. The monoisotopic (exact) mass is 186 g/mol. The van der Waals surface area contributed by atoms with Gasteiger partial charge in [0.1, 0.15) is 0 Å². The fourth-order valence-corrected chi connectivity index (χ4v) is 0.918. The summed E-state index contributed by atoms with van der Waals surface area (Å²) in [5.74, 6) is 0. The van der Waals surface area contributed by atoms with E-state index in [9.17, 15) is 0 Å². The zero-order valence-corrected chi connectivity index (χ0v) is 8.57. The fraction of sp³-hybridized carbons (Fsp3) is 0.444. The first-order chi connectivity index (χ1) is 5.67. The van der Waals surface area contributed by atoms with Crippen LogP contribution in [-0.4, -0.2) is 10.2 Å². The Labute approximate surface area is 78.6 Å². The van der Waals surface area contributed by atoms with E-state index in [-0.39, 0.29) is 0 Å². The molecule has 0 saturated heterocycles. The first-order valence-corrected chi connectivity index (χ1v) is 4.31. The van der Waals surface area contributed by atoms with Crippen LogP contribution in [0.25, 0.3) is 0 Å². The van der Waals surface area contributed by atoms with Crippen LogP contribution >= 0.6 is 11.6 Å². The summed E-state index contributed by atoms with van der Waals surface area (Å²) in [5.41, 5.74) is 1.91. The van der Waals surface area contributed by atoms with Gasteiger partial charge in [0, 0.05) is 0 Å². The van der Waals surface area contributed by atoms with Gasteiger partial charge >= 0.3 is 0 Å². The molecule has 0 amide bonds. The predicted molar refractivity (Wildman–Crippen MR) is 53.6 cm³/mol. The highest BCUT2D eigenvalue weighted by Crippen LogP contribution is 2.16. The van der Waals surface area contributed by atoms with Crippen molar-refractivity contribution in [1.29, 1.82) is 0 Å². The summed E-state index contributed by atoms with van der Waals surface area (Å²) in [7, 11) is 0. The highest BCUT2D eigenvalue weighted by atomic mass is 35.5. The number of hydrogen-bond acceptors (Lipinski definition) is 1. The van der Waals surface area contributed by atoms with Gasteiger partial charge in [-0.15, -0.1) is 6.58 Å². The molecule has 0 fully saturated rings. The molecular formula is C9H15ClN2. The van der Waals surface area contributed by atoms with Gasteiger partial charge in [-0.1, -0.05) is 24.6 Å². The number of aromatic nitrogens is 2. The smallest absolute Gasteiger partial charge is 0.0844 e. The van der Waals surface area contributed by atoms with Crippen LogP contribution < -0.4 is 0 Å². The number of halogens is 1. The number of rotatable bonds is 1. The van der Waals surface area contributed by atoms with E-state index in [4.69, 9.17) is 11.6 Å². The zero-order valence-electron chi connectivity index (χ0n) is 7.82. The van der Waals surface area contributed by atoms with Crippen molar-refractivity contribution in [2.45, 2.75) is 27.2 Å². The summed E-state index contributed by atoms with van der Waals surface area (Å²) in [5, 5.41) is 7.56. The summed E-state index contributed by atoms with van der Waals surface area (Å²) in [4.78, 5) is 0. The van der Waals surface area contributed by atoms with Crippen molar-refractivity contribution in [3.05, 3.63) is 29.1 Å². The molecule has 0 aromatic carbocycles. The molecular weight excluding hydrogens is 172 g/mol. The van der Waals surface area contributed by atoms with Crippen LogP contribution in [0, 0.1) is 6.92 Å². The Bertz CT molecular complexity index is 241. The van der Waals surface area contributed by atoms with Crippen LogP contribution in [0.3, 0.4) is 0 Å². The molecule has 0 saturated carbocycles. The van der Waals surface area contributed by atoms with Gasteiger partial charge in [0.05, 0.1) is 16.4 Å². The lowest BCUT2D eigenvalue weighted by molar-refractivity contribution is 0.962. The molecule has 0 radical (unpaired) electrons. The SMILES string of the molecule is C=CC.CCc1n[nH]c(C)c1Cl. The third kappa shape index (κ3) is 3.09. The van der Waals surface area contributed by atoms with Crippen molar-refractivity contribution in [2.75, 3.05) is 0 Å². The average Bonchev–Trinajstić information content (AvgIpc) is 2.35. The lowest BCUT2D eigenvalue weighted by atomic mass is 10.3. The van der Waals surface area contributed by atoms with Crippen LogP contribution in [0.1, 0.15) is 25.2 Å². The van der Waals surface area contributed by atoms with Gasteiger partial charge in [-0.3, -0.25) is 5.10 Å². The molecule has 0 aliphatic carbocycles. The highest BCUT2D eigenvalue weighted by molar-refractivity contribution is 6.31. The topological polar surface area (TPSA) is 28.7 Å². The Morgan fingerprint density at radius 3 is 2.33 bits per heavy atom. The van der Waals surface area contributed by atoms with Crippen LogP contribution in [0.15, 0.2) is 12.7 Å². The largest absolute Gasteiger partial charge is 0.281 e. The van der Waals surface area contributed by atoms with Gasteiger partial charge in [0.2, 0.25) is 0 Å². The number of aromatic amines is 1. The van der Waals surface area contributed by atoms with E-state index in [1.807, 2.05) is 20.8 Å². The van der Waals surface area contributed by atoms with Crippen molar-refractivity contribution in [1.82, 2.24) is 10.2 Å². The molecule has 1 N–H and O–H groups in total. The molecule has 0 aliphatic rings. The van der Waals surface area contributed by atoms with E-state index in [1.54, 1.807) is 6.08 Å². The van der Waals surface area contributed by atoms with E-state index < -0.39 is 0 Å². The van der Waals surface area contributed by atoms with Gasteiger partial charge in [-0.2, -0.15) is 5.10 Å². The fourth-order valence-electron chi connectivity index (χ4n) is 0.700. The third-order valence-corrected chi connectivity index (χ3v) is 1.78. The van der Waals surface area contributed by atoms with Gasteiger partial charge in [-0.25, -0.2) is 0 Å². The van der Waals surface area contributed by atoms with Crippen molar-refractivity contribution in [2.24, 2.45) is 0 Å². The molecule has 1 heterocycles. The minimum atomic E-state index is 0.775. The van der Waals surface area contributed by atoms with Gasteiger partial charge < -0.3 is 0 Å². The Morgan fingerprint density at radius 2 is 2.17 bits per heavy atom. The maximum Gasteiger partial charge on any atom is 0.0844 e. The van der Waals surface area contributed by atoms with Crippen molar-refractivity contribution in [3.8, 4) is 0 Å². The number of nitrogens with zero attached hydrogens (tertiary/aromatic N) is 1. The summed E-state index contributed by atoms with van der Waals surface area (Å²) in [6.45, 7) is 9.19. The van der Waals surface area contributed by atoms with E-state index in [0.717, 1.165) is 22.8 Å². The van der Waals surface area contributed by atoms with Crippen molar-refractivity contribution < 1.29 is 0 Å². The van der Waals surface area contributed by atoms with Crippen LogP contribution in [0.5, 0.6) is 0 Å². The Balaban J connectivity index is 0.000000354. The molecule has 1 aromatic heterocycles. The molecule has 1 aromatic rings. The number of allylic oxidation sites excluding steroid dienone is 1. The number of H-pyrrole nitrogens is 1. The van der Waals surface area contributed by atoms with E-state index in [2.05, 4.69) is 16.8 Å². The van der Waals surface area contributed by atoms with Gasteiger partial charge in [0.25, 0.3) is 0 Å². The molecule has 3 heteroatoms. The lowest BCUT2D eigenvalue weighted by Gasteiger charge is -1.85. The Morgan fingerprint density at radius 1 is 1.67 bits per heavy atom. The van der Waals surface area contributed by atoms with Crippen LogP contribution in [-0.2, 0) is 6.42 Å². The predicted octanol–water partition coefficient (Wildman–Crippen LogP) is 3.13. The maximum atomic E-state index is 5.82.